The fraction of sp³-hybridized carbons (Fsp3) is 0.500. The summed E-state index contributed by atoms with van der Waals surface area (Å²) in [6.45, 7) is 6.70. The number of amides is 1. The van der Waals surface area contributed by atoms with Crippen LogP contribution < -0.4 is 10.2 Å². The molecule has 0 saturated heterocycles. The highest BCUT2D eigenvalue weighted by Crippen LogP contribution is 2.11. The van der Waals surface area contributed by atoms with E-state index < -0.39 is 0 Å². The maximum Gasteiger partial charge on any atom is 0.222 e. The predicted molar refractivity (Wildman–Crippen MR) is 72.2 cm³/mol. The van der Waals surface area contributed by atoms with Gasteiger partial charge in [0.25, 0.3) is 0 Å². The Hall–Kier alpha value is -1.51. The van der Waals surface area contributed by atoms with Gasteiger partial charge in [0.15, 0.2) is 0 Å². The molecule has 0 aliphatic rings. The second-order valence-electron chi connectivity index (χ2n) is 5.31. The molecule has 0 bridgehead atoms. The monoisotopic (exact) mass is 234 g/mol. The summed E-state index contributed by atoms with van der Waals surface area (Å²) in [4.78, 5) is 13.7. The predicted octanol–water partition coefficient (Wildman–Crippen LogP) is 2.43. The molecule has 1 rings (SSSR count). The quantitative estimate of drug-likeness (QED) is 0.867. The second-order valence-corrected chi connectivity index (χ2v) is 5.31. The molecule has 3 nitrogen and oxygen atoms in total. The van der Waals surface area contributed by atoms with Crippen molar-refractivity contribution >= 4 is 11.6 Å². The summed E-state index contributed by atoms with van der Waals surface area (Å²) in [5, 5.41) is 2.96. The highest BCUT2D eigenvalue weighted by Gasteiger charge is 2.13. The van der Waals surface area contributed by atoms with Crippen LogP contribution in [0.4, 0.5) is 5.69 Å². The number of carbonyl (C=O) groups excluding carboxylic acids is 1. The minimum Gasteiger partial charge on any atom is -0.374 e. The SMILES string of the molecule is CN(CCC(=O)NC(C)(C)C)c1ccccc1. The molecule has 0 fully saturated rings. The van der Waals surface area contributed by atoms with Crippen molar-refractivity contribution in [2.45, 2.75) is 32.7 Å². The molecule has 0 spiro atoms. The highest BCUT2D eigenvalue weighted by atomic mass is 16.1. The number of para-hydroxylation sites is 1. The Morgan fingerprint density at radius 2 is 1.82 bits per heavy atom. The van der Waals surface area contributed by atoms with Gasteiger partial charge in [-0.1, -0.05) is 18.2 Å². The van der Waals surface area contributed by atoms with Crippen LogP contribution in [0.15, 0.2) is 30.3 Å². The molecule has 94 valence electrons. The summed E-state index contributed by atoms with van der Waals surface area (Å²) in [5.41, 5.74) is 0.985. The Morgan fingerprint density at radius 1 is 1.24 bits per heavy atom. The Kier molecular flexibility index (Phi) is 4.55. The van der Waals surface area contributed by atoms with Crippen LogP contribution in [0.25, 0.3) is 0 Å². The highest BCUT2D eigenvalue weighted by molar-refractivity contribution is 5.77. The summed E-state index contributed by atoms with van der Waals surface area (Å²) in [6, 6.07) is 10.1. The van der Waals surface area contributed by atoms with Crippen LogP contribution in [0.5, 0.6) is 0 Å². The number of benzene rings is 1. The van der Waals surface area contributed by atoms with E-state index in [4.69, 9.17) is 0 Å². The minimum atomic E-state index is -0.150. The zero-order valence-corrected chi connectivity index (χ0v) is 11.2. The van der Waals surface area contributed by atoms with Gasteiger partial charge in [0.05, 0.1) is 0 Å². The van der Waals surface area contributed by atoms with E-state index in [0.29, 0.717) is 6.42 Å². The van der Waals surface area contributed by atoms with Gasteiger partial charge in [-0.05, 0) is 32.9 Å². The van der Waals surface area contributed by atoms with Crippen LogP contribution in [0.3, 0.4) is 0 Å². The van der Waals surface area contributed by atoms with Crippen LogP contribution in [-0.4, -0.2) is 25.0 Å². The van der Waals surface area contributed by atoms with E-state index in [-0.39, 0.29) is 11.4 Å². The molecule has 0 aliphatic heterocycles. The third-order valence-electron chi connectivity index (χ3n) is 2.39. The van der Waals surface area contributed by atoms with Gasteiger partial charge >= 0.3 is 0 Å². The second kappa shape index (κ2) is 5.71. The number of hydrogen-bond donors (Lipinski definition) is 1. The first-order valence-electron chi connectivity index (χ1n) is 5.96. The van der Waals surface area contributed by atoms with E-state index in [2.05, 4.69) is 10.2 Å². The molecule has 0 aromatic heterocycles. The zero-order valence-electron chi connectivity index (χ0n) is 11.2. The van der Waals surface area contributed by atoms with Crippen LogP contribution in [-0.2, 0) is 4.79 Å². The summed E-state index contributed by atoms with van der Waals surface area (Å²) in [5.74, 6) is 0.0975. The van der Waals surface area contributed by atoms with Crippen LogP contribution in [0.2, 0.25) is 0 Å². The largest absolute Gasteiger partial charge is 0.374 e. The van der Waals surface area contributed by atoms with Gasteiger partial charge in [-0.25, -0.2) is 0 Å². The minimum absolute atomic E-state index is 0.0975. The van der Waals surface area contributed by atoms with E-state index in [1.165, 1.54) is 0 Å². The maximum absolute atomic E-state index is 11.7. The van der Waals surface area contributed by atoms with Gasteiger partial charge in [-0.15, -0.1) is 0 Å². The van der Waals surface area contributed by atoms with Gasteiger partial charge in [-0.3, -0.25) is 4.79 Å². The van der Waals surface area contributed by atoms with Crippen molar-refractivity contribution in [3.63, 3.8) is 0 Å². The molecular formula is C14H22N2O. The average Bonchev–Trinajstić information content (AvgIpc) is 2.25. The Labute approximate surface area is 104 Å². The standard InChI is InChI=1S/C14H22N2O/c1-14(2,3)15-13(17)10-11-16(4)12-8-6-5-7-9-12/h5-9H,10-11H2,1-4H3,(H,15,17). The van der Waals surface area contributed by atoms with Gasteiger partial charge in [-0.2, -0.15) is 0 Å². The number of anilines is 1. The van der Waals surface area contributed by atoms with Gasteiger partial charge in [0.2, 0.25) is 5.91 Å². The third-order valence-corrected chi connectivity index (χ3v) is 2.39. The summed E-state index contributed by atoms with van der Waals surface area (Å²) < 4.78 is 0. The number of nitrogens with one attached hydrogen (secondary N) is 1. The van der Waals surface area contributed by atoms with Gasteiger partial charge in [0, 0.05) is 31.2 Å². The van der Waals surface area contributed by atoms with E-state index in [1.54, 1.807) is 0 Å². The molecule has 17 heavy (non-hydrogen) atoms. The number of hydrogen-bond acceptors (Lipinski definition) is 2. The van der Waals surface area contributed by atoms with E-state index in [1.807, 2.05) is 58.2 Å². The lowest BCUT2D eigenvalue weighted by Gasteiger charge is -2.23. The lowest BCUT2D eigenvalue weighted by molar-refractivity contribution is -0.122. The summed E-state index contributed by atoms with van der Waals surface area (Å²) in [7, 11) is 2.00. The van der Waals surface area contributed by atoms with E-state index in [0.717, 1.165) is 12.2 Å². The fourth-order valence-electron chi connectivity index (χ4n) is 1.56. The molecule has 1 N–H and O–H groups in total. The van der Waals surface area contributed by atoms with Crippen LogP contribution in [0, 0.1) is 0 Å². The summed E-state index contributed by atoms with van der Waals surface area (Å²) in [6.07, 6.45) is 0.517. The first-order chi connectivity index (χ1) is 7.88. The molecule has 1 aromatic carbocycles. The molecule has 0 saturated carbocycles. The Morgan fingerprint density at radius 3 is 2.35 bits per heavy atom. The lowest BCUT2D eigenvalue weighted by Crippen LogP contribution is -2.41. The normalized spacial score (nSPS) is 11.1. The molecule has 1 amide bonds. The van der Waals surface area contributed by atoms with Crippen molar-refractivity contribution in [3.05, 3.63) is 30.3 Å². The van der Waals surface area contributed by atoms with E-state index >= 15 is 0 Å². The van der Waals surface area contributed by atoms with Crippen molar-refractivity contribution in [1.29, 1.82) is 0 Å². The molecule has 1 aromatic rings. The van der Waals surface area contributed by atoms with Crippen LogP contribution >= 0.6 is 0 Å². The topological polar surface area (TPSA) is 32.3 Å². The maximum atomic E-state index is 11.7. The van der Waals surface area contributed by atoms with Gasteiger partial charge in [0.1, 0.15) is 0 Å². The fourth-order valence-corrected chi connectivity index (χ4v) is 1.56. The van der Waals surface area contributed by atoms with Gasteiger partial charge < -0.3 is 10.2 Å². The Balaban J connectivity index is 2.39. The van der Waals surface area contributed by atoms with Crippen LogP contribution in [0.1, 0.15) is 27.2 Å². The molecule has 0 atom stereocenters. The molecule has 3 heteroatoms. The van der Waals surface area contributed by atoms with Crippen molar-refractivity contribution in [2.75, 3.05) is 18.5 Å². The third kappa shape index (κ3) is 5.38. The number of rotatable bonds is 4. The number of carbonyl (C=O) groups is 1. The van der Waals surface area contributed by atoms with Crippen molar-refractivity contribution < 1.29 is 4.79 Å². The first kappa shape index (κ1) is 13.6. The van der Waals surface area contributed by atoms with Crippen molar-refractivity contribution in [2.24, 2.45) is 0 Å². The van der Waals surface area contributed by atoms with Crippen molar-refractivity contribution in [1.82, 2.24) is 5.32 Å². The lowest BCUT2D eigenvalue weighted by atomic mass is 10.1. The number of nitrogens with zero attached hydrogens (tertiary/aromatic N) is 1. The average molecular weight is 234 g/mol. The molecule has 0 unspecified atom stereocenters. The smallest absolute Gasteiger partial charge is 0.222 e. The molecule has 0 radical (unpaired) electrons. The molecule has 0 heterocycles. The zero-order chi connectivity index (χ0) is 12.9. The van der Waals surface area contributed by atoms with Crippen molar-refractivity contribution in [3.8, 4) is 0 Å². The first-order valence-corrected chi connectivity index (χ1v) is 5.96. The molecule has 0 aliphatic carbocycles. The Bertz CT molecular complexity index is 354. The van der Waals surface area contributed by atoms with E-state index in [9.17, 15) is 4.79 Å². The molecular weight excluding hydrogens is 212 g/mol. The summed E-state index contributed by atoms with van der Waals surface area (Å²) >= 11 is 0.